The summed E-state index contributed by atoms with van der Waals surface area (Å²) in [6.45, 7) is 1.82. The molecule has 2 N–H and O–H groups in total. The molecule has 0 spiro atoms. The van der Waals surface area contributed by atoms with Crippen LogP contribution in [-0.4, -0.2) is 53.6 Å². The number of hydrogen-bond donors (Lipinski definition) is 2. The number of aromatic nitrogens is 3. The highest BCUT2D eigenvalue weighted by Gasteiger charge is 2.25. The van der Waals surface area contributed by atoms with Crippen molar-refractivity contribution in [3.8, 4) is 11.8 Å². The van der Waals surface area contributed by atoms with E-state index in [1.165, 1.54) is 38.6 Å². The number of amides is 2. The zero-order valence-corrected chi connectivity index (χ0v) is 17.0. The van der Waals surface area contributed by atoms with Gasteiger partial charge in [0.15, 0.2) is 5.03 Å². The summed E-state index contributed by atoms with van der Waals surface area (Å²) in [4.78, 5) is 23.7. The van der Waals surface area contributed by atoms with Crippen LogP contribution in [0.4, 0.5) is 10.7 Å². The summed E-state index contributed by atoms with van der Waals surface area (Å²) in [6.07, 6.45) is 1.82. The van der Waals surface area contributed by atoms with Crippen molar-refractivity contribution < 1.29 is 26.9 Å². The number of hydrogen-bond acceptors (Lipinski definition) is 9. The number of methoxy groups -OCH3 is 2. The van der Waals surface area contributed by atoms with Crippen molar-refractivity contribution in [2.45, 2.75) is 23.3 Å². The Morgan fingerprint density at radius 3 is 2.43 bits per heavy atom. The van der Waals surface area contributed by atoms with Gasteiger partial charge in [-0.1, -0.05) is 6.92 Å². The first-order valence-corrected chi connectivity index (χ1v) is 10.7. The molecule has 0 saturated heterocycles. The van der Waals surface area contributed by atoms with Gasteiger partial charge in [-0.2, -0.15) is 18.4 Å². The Kier molecular flexibility index (Phi) is 7.23. The first-order valence-electron chi connectivity index (χ1n) is 7.95. The number of anilines is 1. The van der Waals surface area contributed by atoms with E-state index < -0.39 is 31.9 Å². The molecule has 0 fully saturated rings. The van der Waals surface area contributed by atoms with E-state index in [1.54, 1.807) is 4.72 Å². The van der Waals surface area contributed by atoms with Crippen LogP contribution in [0.1, 0.15) is 13.3 Å². The number of sulfonamides is 1. The second kappa shape index (κ2) is 9.41. The Bertz CT molecular complexity index is 960. The summed E-state index contributed by atoms with van der Waals surface area (Å²) >= 11 is 0. The lowest BCUT2D eigenvalue weighted by Gasteiger charge is -2.11. The summed E-state index contributed by atoms with van der Waals surface area (Å²) in [5, 5.41) is 1.69. The molecule has 0 radical (unpaired) electrons. The molecule has 13 heteroatoms. The molecule has 28 heavy (non-hydrogen) atoms. The lowest BCUT2D eigenvalue weighted by molar-refractivity contribution is 0.256. The fraction of sp³-hybridized carbons (Fsp3) is 0.333. The maximum atomic E-state index is 12.5. The fourth-order valence-electron chi connectivity index (χ4n) is 2.01. The molecule has 0 aliphatic carbocycles. The molecule has 0 saturated carbocycles. The van der Waals surface area contributed by atoms with Crippen molar-refractivity contribution in [3.63, 3.8) is 0 Å². The average molecular weight is 429 g/mol. The normalized spacial score (nSPS) is 12.1. The Hall–Kier alpha value is -2.80. The Morgan fingerprint density at radius 1 is 1.21 bits per heavy atom. The van der Waals surface area contributed by atoms with Gasteiger partial charge in [-0.05, 0) is 18.6 Å². The molecule has 0 aliphatic heterocycles. The number of carbonyl (C=O) groups excluding carboxylic acids is 1. The zero-order chi connectivity index (χ0) is 20.7. The van der Waals surface area contributed by atoms with Crippen LogP contribution in [-0.2, 0) is 20.8 Å². The minimum absolute atomic E-state index is 0.0175. The van der Waals surface area contributed by atoms with Gasteiger partial charge in [-0.15, -0.1) is 0 Å². The predicted molar refractivity (Wildman–Crippen MR) is 100 cm³/mol. The van der Waals surface area contributed by atoms with Crippen molar-refractivity contribution in [3.05, 3.63) is 24.4 Å². The standard InChI is InChI=1S/C15H19N5O6S2/c1-4-8-27(22)10-6-5-7-16-13(10)28(23,24)20-15(21)19-14-17-11(25-2)9-12(18-14)26-3/h5-7,9H,4,8H2,1-3H3,(H2,17,18,19,20,21). The van der Waals surface area contributed by atoms with Gasteiger partial charge in [0.05, 0.1) is 36.0 Å². The van der Waals surface area contributed by atoms with Crippen LogP contribution in [0.25, 0.3) is 0 Å². The molecule has 1 unspecified atom stereocenters. The molecule has 0 bridgehead atoms. The largest absolute Gasteiger partial charge is 0.481 e. The van der Waals surface area contributed by atoms with Crippen molar-refractivity contribution in [2.75, 3.05) is 25.3 Å². The lowest BCUT2D eigenvalue weighted by Crippen LogP contribution is -2.36. The topological polar surface area (TPSA) is 149 Å². The number of ether oxygens (including phenoxy) is 2. The molecular formula is C15H19N5O6S2. The Balaban J connectivity index is 2.24. The molecule has 0 aromatic carbocycles. The van der Waals surface area contributed by atoms with Gasteiger partial charge >= 0.3 is 6.03 Å². The summed E-state index contributed by atoms with van der Waals surface area (Å²) in [5.74, 6) is 0.233. The number of carbonyl (C=O) groups is 1. The van der Waals surface area contributed by atoms with Gasteiger partial charge in [0.1, 0.15) is 0 Å². The summed E-state index contributed by atoms with van der Waals surface area (Å²) in [7, 11) is -3.25. The number of nitrogens with zero attached hydrogens (tertiary/aromatic N) is 3. The molecule has 2 heterocycles. The van der Waals surface area contributed by atoms with E-state index in [4.69, 9.17) is 9.47 Å². The number of urea groups is 1. The van der Waals surface area contributed by atoms with Gasteiger partial charge in [0, 0.05) is 11.9 Å². The van der Waals surface area contributed by atoms with E-state index in [2.05, 4.69) is 20.3 Å². The van der Waals surface area contributed by atoms with Crippen LogP contribution in [0.2, 0.25) is 0 Å². The van der Waals surface area contributed by atoms with Crippen molar-refractivity contribution in [1.82, 2.24) is 19.7 Å². The first-order chi connectivity index (χ1) is 13.3. The monoisotopic (exact) mass is 429 g/mol. The fourth-order valence-corrected chi connectivity index (χ4v) is 4.61. The van der Waals surface area contributed by atoms with Gasteiger partial charge in [0.25, 0.3) is 10.0 Å². The highest BCUT2D eigenvalue weighted by Crippen LogP contribution is 2.19. The van der Waals surface area contributed by atoms with Gasteiger partial charge in [0.2, 0.25) is 17.7 Å². The molecular weight excluding hydrogens is 410 g/mol. The van der Waals surface area contributed by atoms with E-state index in [1.807, 2.05) is 6.92 Å². The molecule has 2 rings (SSSR count). The highest BCUT2D eigenvalue weighted by atomic mass is 32.2. The maximum Gasteiger partial charge on any atom is 0.335 e. The van der Waals surface area contributed by atoms with E-state index in [-0.39, 0.29) is 28.4 Å². The van der Waals surface area contributed by atoms with Crippen molar-refractivity contribution >= 4 is 32.8 Å². The SMILES string of the molecule is CCCS(=O)c1cccnc1S(=O)(=O)NC(=O)Nc1nc(OC)cc(OC)n1. The number of nitrogens with one attached hydrogen (secondary N) is 2. The van der Waals surface area contributed by atoms with E-state index >= 15 is 0 Å². The molecule has 0 aliphatic rings. The van der Waals surface area contributed by atoms with Crippen molar-refractivity contribution in [2.24, 2.45) is 0 Å². The summed E-state index contributed by atoms with van der Waals surface area (Å²) < 4.78 is 49.1. The minimum atomic E-state index is -4.39. The summed E-state index contributed by atoms with van der Waals surface area (Å²) in [6, 6.07) is 3.11. The van der Waals surface area contributed by atoms with E-state index in [0.29, 0.717) is 6.42 Å². The molecule has 2 amide bonds. The lowest BCUT2D eigenvalue weighted by atomic mass is 10.5. The Labute approximate surface area is 164 Å². The molecule has 1 atom stereocenters. The quantitative estimate of drug-likeness (QED) is 0.624. The maximum absolute atomic E-state index is 12.5. The molecule has 2 aromatic heterocycles. The van der Waals surface area contributed by atoms with E-state index in [9.17, 15) is 17.4 Å². The van der Waals surface area contributed by atoms with Crippen LogP contribution in [0.5, 0.6) is 11.8 Å². The molecule has 152 valence electrons. The zero-order valence-electron chi connectivity index (χ0n) is 15.3. The molecule has 11 nitrogen and oxygen atoms in total. The second-order valence-corrected chi connectivity index (χ2v) is 8.33. The average Bonchev–Trinajstić information content (AvgIpc) is 2.67. The third kappa shape index (κ3) is 5.36. The second-order valence-electron chi connectivity index (χ2n) is 5.19. The van der Waals surface area contributed by atoms with Crippen LogP contribution in [0, 0.1) is 0 Å². The third-order valence-electron chi connectivity index (χ3n) is 3.18. The summed E-state index contributed by atoms with van der Waals surface area (Å²) in [5.41, 5.74) is 0. The van der Waals surface area contributed by atoms with Gasteiger partial charge in [-0.3, -0.25) is 9.53 Å². The van der Waals surface area contributed by atoms with E-state index in [0.717, 1.165) is 0 Å². The van der Waals surface area contributed by atoms with Crippen molar-refractivity contribution in [1.29, 1.82) is 0 Å². The highest BCUT2D eigenvalue weighted by molar-refractivity contribution is 7.91. The Morgan fingerprint density at radius 2 is 1.86 bits per heavy atom. The van der Waals surface area contributed by atoms with Crippen LogP contribution in [0.15, 0.2) is 34.3 Å². The third-order valence-corrected chi connectivity index (χ3v) is 6.19. The predicted octanol–water partition coefficient (Wildman–Crippen LogP) is 0.917. The van der Waals surface area contributed by atoms with Crippen LogP contribution < -0.4 is 19.5 Å². The van der Waals surface area contributed by atoms with Crippen LogP contribution in [0.3, 0.4) is 0 Å². The van der Waals surface area contributed by atoms with Gasteiger partial charge in [-0.25, -0.2) is 14.5 Å². The number of rotatable bonds is 8. The van der Waals surface area contributed by atoms with Crippen LogP contribution >= 0.6 is 0 Å². The molecule has 2 aromatic rings. The minimum Gasteiger partial charge on any atom is -0.481 e. The first kappa shape index (κ1) is 21.5. The van der Waals surface area contributed by atoms with Gasteiger partial charge < -0.3 is 9.47 Å². The number of pyridine rings is 1. The smallest absolute Gasteiger partial charge is 0.335 e.